The van der Waals surface area contributed by atoms with Crippen LogP contribution < -0.4 is 9.74 Å². The lowest BCUT2D eigenvalue weighted by molar-refractivity contribution is -0.139. The Morgan fingerprint density at radius 3 is 2.52 bits per heavy atom. The van der Waals surface area contributed by atoms with E-state index in [4.69, 9.17) is 4.84 Å². The monoisotopic (exact) mass is 282 g/mol. The van der Waals surface area contributed by atoms with Gasteiger partial charge in [0, 0.05) is 6.20 Å². The quantitative estimate of drug-likeness (QED) is 0.633. The maximum absolute atomic E-state index is 12.3. The predicted octanol–water partition coefficient (Wildman–Crippen LogP) is 1.75. The van der Waals surface area contributed by atoms with Crippen molar-refractivity contribution in [1.82, 2.24) is 15.0 Å². The molecule has 1 aliphatic heterocycles. The topological polar surface area (TPSA) is 75.6 Å². The van der Waals surface area contributed by atoms with E-state index in [1.54, 1.807) is 30.3 Å². The number of hydrogen-bond donors (Lipinski definition) is 0. The average molecular weight is 282 g/mol. The number of benzene rings is 1. The summed E-state index contributed by atoms with van der Waals surface area (Å²) in [6.45, 7) is 3.61. The Kier molecular flexibility index (Phi) is 3.07. The van der Waals surface area contributed by atoms with Crippen LogP contribution in [0.15, 0.2) is 61.2 Å². The molecule has 1 fully saturated rings. The highest BCUT2D eigenvalue weighted by atomic mass is 16.7. The molecule has 0 radical (unpaired) electrons. The number of nitrogens with zero attached hydrogens (tertiary/aromatic N) is 4. The van der Waals surface area contributed by atoms with Gasteiger partial charge in [0.2, 0.25) is 0 Å². The maximum Gasteiger partial charge on any atom is 0.371 e. The van der Waals surface area contributed by atoms with E-state index in [1.165, 1.54) is 18.6 Å². The van der Waals surface area contributed by atoms with E-state index in [0.29, 0.717) is 10.8 Å². The van der Waals surface area contributed by atoms with Crippen molar-refractivity contribution in [3.63, 3.8) is 0 Å². The number of imide groups is 1. The third kappa shape index (κ3) is 2.20. The van der Waals surface area contributed by atoms with Crippen LogP contribution in [0.4, 0.5) is 10.6 Å². The first-order valence-electron chi connectivity index (χ1n) is 6.05. The molecule has 3 amide bonds. The first kappa shape index (κ1) is 12.8. The number of anilines is 1. The summed E-state index contributed by atoms with van der Waals surface area (Å²) in [5, 5.41) is 0.653. The van der Waals surface area contributed by atoms with Gasteiger partial charge in [-0.25, -0.2) is 19.7 Å². The van der Waals surface area contributed by atoms with E-state index in [0.717, 1.165) is 4.90 Å². The fourth-order valence-electron chi connectivity index (χ4n) is 1.83. The van der Waals surface area contributed by atoms with Gasteiger partial charge in [-0.15, -0.1) is 0 Å². The van der Waals surface area contributed by atoms with E-state index in [1.807, 2.05) is 0 Å². The molecule has 0 N–H and O–H groups in total. The minimum Gasteiger partial charge on any atom is -0.367 e. The minimum absolute atomic E-state index is 0.0327. The first-order valence-corrected chi connectivity index (χ1v) is 6.05. The number of para-hydroxylation sites is 1. The second-order valence-electron chi connectivity index (χ2n) is 4.14. The number of carbonyl (C=O) groups is 2. The zero-order valence-electron chi connectivity index (χ0n) is 10.8. The number of urea groups is 1. The van der Waals surface area contributed by atoms with Gasteiger partial charge in [-0.3, -0.25) is 4.79 Å². The molecule has 0 unspecified atom stereocenters. The van der Waals surface area contributed by atoms with Crippen LogP contribution in [-0.4, -0.2) is 27.0 Å². The molecule has 0 spiro atoms. The standard InChI is InChI=1S/C14H10N4O3/c1-10-13(19)18(21-11-5-3-2-4-6-11)14(20)17(10)12-7-8-15-9-16-12/h2-9H,1H2. The lowest BCUT2D eigenvalue weighted by Gasteiger charge is -2.15. The van der Waals surface area contributed by atoms with Crippen LogP contribution in [0.3, 0.4) is 0 Å². The smallest absolute Gasteiger partial charge is 0.367 e. The van der Waals surface area contributed by atoms with E-state index < -0.39 is 11.9 Å². The summed E-state index contributed by atoms with van der Waals surface area (Å²) < 4.78 is 0. The minimum atomic E-state index is -0.674. The predicted molar refractivity (Wildman–Crippen MR) is 73.0 cm³/mol. The Labute approximate surface area is 120 Å². The summed E-state index contributed by atoms with van der Waals surface area (Å²) in [6.07, 6.45) is 2.75. The normalized spacial score (nSPS) is 14.8. The number of rotatable bonds is 3. The summed E-state index contributed by atoms with van der Waals surface area (Å²) in [6, 6.07) is 9.37. The second-order valence-corrected chi connectivity index (χ2v) is 4.14. The summed E-state index contributed by atoms with van der Waals surface area (Å²) in [4.78, 5) is 38.5. The lowest BCUT2D eigenvalue weighted by atomic mass is 10.3. The molecule has 7 nitrogen and oxygen atoms in total. The Balaban J connectivity index is 1.89. The average Bonchev–Trinajstić information content (AvgIpc) is 2.73. The van der Waals surface area contributed by atoms with Crippen LogP contribution in [0.1, 0.15) is 0 Å². The number of carbonyl (C=O) groups excluding carboxylic acids is 2. The molecule has 3 rings (SSSR count). The molecule has 2 aromatic rings. The molecular formula is C14H10N4O3. The number of hydroxylamine groups is 2. The zero-order chi connectivity index (χ0) is 14.8. The molecule has 1 saturated heterocycles. The van der Waals surface area contributed by atoms with Gasteiger partial charge in [0.25, 0.3) is 0 Å². The summed E-state index contributed by atoms with van der Waals surface area (Å²) in [5.74, 6) is -0.00786. The van der Waals surface area contributed by atoms with Crippen LogP contribution in [0.5, 0.6) is 5.75 Å². The van der Waals surface area contributed by atoms with E-state index in [9.17, 15) is 9.59 Å². The molecule has 7 heteroatoms. The van der Waals surface area contributed by atoms with Crippen molar-refractivity contribution in [2.75, 3.05) is 4.90 Å². The highest BCUT2D eigenvalue weighted by Gasteiger charge is 2.43. The third-order valence-electron chi connectivity index (χ3n) is 2.80. The highest BCUT2D eigenvalue weighted by molar-refractivity contribution is 6.19. The van der Waals surface area contributed by atoms with Gasteiger partial charge in [-0.1, -0.05) is 29.8 Å². The Hall–Kier alpha value is -3.22. The lowest BCUT2D eigenvalue weighted by Crippen LogP contribution is -2.36. The van der Waals surface area contributed by atoms with E-state index in [2.05, 4.69) is 16.5 Å². The molecule has 104 valence electrons. The van der Waals surface area contributed by atoms with Crippen LogP contribution in [-0.2, 0) is 4.79 Å². The second kappa shape index (κ2) is 5.04. The molecule has 2 heterocycles. The first-order chi connectivity index (χ1) is 10.2. The van der Waals surface area contributed by atoms with Gasteiger partial charge < -0.3 is 4.84 Å². The van der Waals surface area contributed by atoms with E-state index >= 15 is 0 Å². The van der Waals surface area contributed by atoms with Gasteiger partial charge in [0.15, 0.2) is 5.75 Å². The molecular weight excluding hydrogens is 272 g/mol. The van der Waals surface area contributed by atoms with Gasteiger partial charge in [0.05, 0.1) is 0 Å². The zero-order valence-corrected chi connectivity index (χ0v) is 10.8. The number of amides is 3. The van der Waals surface area contributed by atoms with Crippen LogP contribution >= 0.6 is 0 Å². The number of aromatic nitrogens is 2. The van der Waals surface area contributed by atoms with Gasteiger partial charge in [0.1, 0.15) is 17.8 Å². The Morgan fingerprint density at radius 2 is 1.86 bits per heavy atom. The molecule has 1 aliphatic rings. The highest BCUT2D eigenvalue weighted by Crippen LogP contribution is 2.26. The fourth-order valence-corrected chi connectivity index (χ4v) is 1.83. The SMILES string of the molecule is C=C1C(=O)N(Oc2ccccc2)C(=O)N1c1ccncn1. The summed E-state index contributed by atoms with van der Waals surface area (Å²) in [5.41, 5.74) is -0.0327. The molecule has 1 aromatic carbocycles. The van der Waals surface area contributed by atoms with Gasteiger partial charge in [-0.2, -0.15) is 0 Å². The van der Waals surface area contributed by atoms with Crippen molar-refractivity contribution in [2.24, 2.45) is 0 Å². The van der Waals surface area contributed by atoms with Crippen LogP contribution in [0, 0.1) is 0 Å². The van der Waals surface area contributed by atoms with E-state index in [-0.39, 0.29) is 11.5 Å². The molecule has 0 atom stereocenters. The van der Waals surface area contributed by atoms with Gasteiger partial charge in [-0.05, 0) is 18.2 Å². The molecule has 0 bridgehead atoms. The largest absolute Gasteiger partial charge is 0.371 e. The molecule has 0 saturated carbocycles. The summed E-state index contributed by atoms with van der Waals surface area (Å²) >= 11 is 0. The maximum atomic E-state index is 12.3. The number of hydrogen-bond acceptors (Lipinski definition) is 5. The van der Waals surface area contributed by atoms with Crippen molar-refractivity contribution >= 4 is 17.8 Å². The molecule has 1 aromatic heterocycles. The van der Waals surface area contributed by atoms with Crippen molar-refractivity contribution < 1.29 is 14.4 Å². The van der Waals surface area contributed by atoms with Crippen molar-refractivity contribution in [3.8, 4) is 5.75 Å². The molecule has 21 heavy (non-hydrogen) atoms. The van der Waals surface area contributed by atoms with Crippen LogP contribution in [0.25, 0.3) is 0 Å². The Bertz CT molecular complexity index is 703. The molecule has 0 aliphatic carbocycles. The van der Waals surface area contributed by atoms with Crippen molar-refractivity contribution in [1.29, 1.82) is 0 Å². The van der Waals surface area contributed by atoms with Crippen molar-refractivity contribution in [3.05, 3.63) is 61.2 Å². The Morgan fingerprint density at radius 1 is 1.10 bits per heavy atom. The summed E-state index contributed by atoms with van der Waals surface area (Å²) in [7, 11) is 0. The van der Waals surface area contributed by atoms with Crippen LogP contribution in [0.2, 0.25) is 0 Å². The fraction of sp³-hybridized carbons (Fsp3) is 0. The van der Waals surface area contributed by atoms with Crippen molar-refractivity contribution in [2.45, 2.75) is 0 Å². The third-order valence-corrected chi connectivity index (χ3v) is 2.80. The van der Waals surface area contributed by atoms with Gasteiger partial charge >= 0.3 is 11.9 Å².